The highest BCUT2D eigenvalue weighted by molar-refractivity contribution is 5.87. The van der Waals surface area contributed by atoms with Crippen molar-refractivity contribution in [2.75, 3.05) is 13.1 Å². The lowest BCUT2D eigenvalue weighted by atomic mass is 10.0. The van der Waals surface area contributed by atoms with Crippen molar-refractivity contribution in [3.63, 3.8) is 0 Å². The van der Waals surface area contributed by atoms with Gasteiger partial charge in [0.2, 0.25) is 0 Å². The Morgan fingerprint density at radius 2 is 1.88 bits per heavy atom. The molecule has 0 atom stereocenters. The monoisotopic (exact) mass is 439 g/mol. The number of aromatic nitrogens is 2. The first-order chi connectivity index (χ1) is 16.2. The molecule has 0 N–H and O–H groups in total. The van der Waals surface area contributed by atoms with Crippen molar-refractivity contribution < 1.29 is 4.74 Å². The van der Waals surface area contributed by atoms with Crippen molar-refractivity contribution in [1.29, 1.82) is 0 Å². The van der Waals surface area contributed by atoms with Crippen LogP contribution in [0.5, 0.6) is 5.75 Å². The minimum absolute atomic E-state index is 0.0884. The Kier molecular flexibility index (Phi) is 5.07. The second-order valence-corrected chi connectivity index (χ2v) is 9.46. The number of hydrogen-bond acceptors (Lipinski definition) is 3. The first-order valence-electron chi connectivity index (χ1n) is 11.9. The third-order valence-electron chi connectivity index (χ3n) is 7.10. The van der Waals surface area contributed by atoms with E-state index in [4.69, 9.17) is 4.74 Å². The number of nitrogens with zero attached hydrogens (tertiary/aromatic N) is 3. The third-order valence-corrected chi connectivity index (χ3v) is 7.10. The molecule has 2 aromatic carbocycles. The van der Waals surface area contributed by atoms with E-state index in [-0.39, 0.29) is 5.56 Å². The molecular weight excluding hydrogens is 410 g/mol. The van der Waals surface area contributed by atoms with Gasteiger partial charge in [0.1, 0.15) is 12.4 Å². The summed E-state index contributed by atoms with van der Waals surface area (Å²) in [6, 6.07) is 19.8. The fourth-order valence-electron chi connectivity index (χ4n) is 5.07. The maximum absolute atomic E-state index is 12.9. The second kappa shape index (κ2) is 8.23. The predicted molar refractivity (Wildman–Crippen MR) is 131 cm³/mol. The maximum atomic E-state index is 12.9. The molecule has 1 saturated carbocycles. The van der Waals surface area contributed by atoms with E-state index in [0.29, 0.717) is 12.4 Å². The van der Waals surface area contributed by atoms with Crippen LogP contribution in [-0.4, -0.2) is 27.1 Å². The van der Waals surface area contributed by atoms with E-state index < -0.39 is 0 Å². The minimum Gasteiger partial charge on any atom is -0.489 e. The first kappa shape index (κ1) is 20.3. The van der Waals surface area contributed by atoms with Gasteiger partial charge >= 0.3 is 0 Å². The number of hydrogen-bond donors (Lipinski definition) is 0. The fourth-order valence-corrected chi connectivity index (χ4v) is 5.07. The summed E-state index contributed by atoms with van der Waals surface area (Å²) in [4.78, 5) is 15.5. The summed E-state index contributed by atoms with van der Waals surface area (Å²) in [7, 11) is 2.16. The lowest BCUT2D eigenvalue weighted by molar-refractivity contribution is 0.238. The van der Waals surface area contributed by atoms with E-state index in [9.17, 15) is 4.79 Å². The molecule has 6 rings (SSSR count). The molecule has 0 spiro atoms. The normalized spacial score (nSPS) is 16.2. The summed E-state index contributed by atoms with van der Waals surface area (Å²) >= 11 is 0. The van der Waals surface area contributed by atoms with E-state index in [1.165, 1.54) is 41.5 Å². The van der Waals surface area contributed by atoms with Crippen molar-refractivity contribution in [3.8, 4) is 11.4 Å². The molecule has 0 unspecified atom stereocenters. The molecule has 168 valence electrons. The van der Waals surface area contributed by atoms with Crippen LogP contribution in [0.2, 0.25) is 0 Å². The van der Waals surface area contributed by atoms with Crippen molar-refractivity contribution in [2.24, 2.45) is 13.0 Å². The number of ether oxygens (including phenoxy) is 1. The first-order valence-corrected chi connectivity index (χ1v) is 11.9. The van der Waals surface area contributed by atoms with Crippen molar-refractivity contribution >= 4 is 10.9 Å². The third kappa shape index (κ3) is 3.98. The zero-order chi connectivity index (χ0) is 22.4. The molecule has 0 amide bonds. The molecule has 1 aliphatic heterocycles. The lowest BCUT2D eigenvalue weighted by Gasteiger charge is -2.27. The zero-order valence-electron chi connectivity index (χ0n) is 19.0. The predicted octanol–water partition coefficient (Wildman–Crippen LogP) is 4.68. The quantitative estimate of drug-likeness (QED) is 0.438. The number of rotatable bonds is 6. The topological polar surface area (TPSA) is 39.4 Å². The number of benzene rings is 2. The van der Waals surface area contributed by atoms with Gasteiger partial charge in [-0.1, -0.05) is 36.4 Å². The number of fused-ring (bicyclic) bond motifs is 3. The van der Waals surface area contributed by atoms with Crippen LogP contribution in [-0.2, 0) is 26.6 Å². The molecular formula is C28H29N3O2. The van der Waals surface area contributed by atoms with Crippen LogP contribution < -0.4 is 10.3 Å². The van der Waals surface area contributed by atoms with Crippen LogP contribution in [0.4, 0.5) is 0 Å². The van der Waals surface area contributed by atoms with E-state index in [2.05, 4.69) is 34.7 Å². The second-order valence-electron chi connectivity index (χ2n) is 9.46. The highest BCUT2D eigenvalue weighted by Gasteiger charge is 2.28. The molecule has 33 heavy (non-hydrogen) atoms. The van der Waals surface area contributed by atoms with Gasteiger partial charge in [0.15, 0.2) is 0 Å². The van der Waals surface area contributed by atoms with Gasteiger partial charge in [-0.2, -0.15) is 0 Å². The Bertz CT molecular complexity index is 1370. The summed E-state index contributed by atoms with van der Waals surface area (Å²) < 4.78 is 9.85. The van der Waals surface area contributed by atoms with E-state index in [1.54, 1.807) is 10.6 Å². The highest BCUT2D eigenvalue weighted by Crippen LogP contribution is 2.34. The molecule has 1 aliphatic carbocycles. The maximum Gasteiger partial charge on any atom is 0.258 e. The summed E-state index contributed by atoms with van der Waals surface area (Å²) in [5.74, 6) is 1.51. The van der Waals surface area contributed by atoms with Crippen molar-refractivity contribution in [1.82, 2.24) is 14.0 Å². The summed E-state index contributed by atoms with van der Waals surface area (Å²) in [6.07, 6.45) is 5.70. The van der Waals surface area contributed by atoms with Gasteiger partial charge in [-0.3, -0.25) is 14.3 Å². The standard InChI is InChI=1S/C28H29N3O2/c1-29-26-15-22(9-10-24(26)25-12-13-30(18-27(25)29)17-20-7-8-20)31-14-11-23(16-28(31)32)33-19-21-5-3-2-4-6-21/h2-6,9-11,14-16,20H,7-8,12-13,17-19H2,1H3. The Morgan fingerprint density at radius 3 is 2.67 bits per heavy atom. The minimum atomic E-state index is -0.0884. The summed E-state index contributed by atoms with van der Waals surface area (Å²) in [5, 5.41) is 1.32. The molecule has 3 heterocycles. The van der Waals surface area contributed by atoms with Crippen LogP contribution in [0.25, 0.3) is 16.6 Å². The Labute approximate surface area is 193 Å². The van der Waals surface area contributed by atoms with Gasteiger partial charge < -0.3 is 9.30 Å². The van der Waals surface area contributed by atoms with Gasteiger partial charge in [-0.05, 0) is 54.5 Å². The van der Waals surface area contributed by atoms with Gasteiger partial charge in [-0.15, -0.1) is 0 Å². The Hall–Kier alpha value is -3.31. The van der Waals surface area contributed by atoms with Crippen LogP contribution in [0.15, 0.2) is 71.7 Å². The highest BCUT2D eigenvalue weighted by atomic mass is 16.5. The Morgan fingerprint density at radius 1 is 1.03 bits per heavy atom. The van der Waals surface area contributed by atoms with Gasteiger partial charge in [-0.25, -0.2) is 0 Å². The molecule has 5 nitrogen and oxygen atoms in total. The van der Waals surface area contributed by atoms with Crippen molar-refractivity contribution in [3.05, 3.63) is 94.0 Å². The van der Waals surface area contributed by atoms with Crippen LogP contribution in [0.1, 0.15) is 29.7 Å². The van der Waals surface area contributed by atoms with Gasteiger partial charge in [0.05, 0.1) is 11.2 Å². The smallest absolute Gasteiger partial charge is 0.258 e. The van der Waals surface area contributed by atoms with Gasteiger partial charge in [0.25, 0.3) is 5.56 Å². The molecule has 0 saturated heterocycles. The SMILES string of the molecule is Cn1c2c(c3ccc(-n4ccc(OCc5ccccc5)cc4=O)cc31)CCN(CC1CC1)C2. The zero-order valence-corrected chi connectivity index (χ0v) is 19.0. The summed E-state index contributed by atoms with van der Waals surface area (Å²) in [6.45, 7) is 3.86. The molecule has 0 bridgehead atoms. The molecule has 0 radical (unpaired) electrons. The van der Waals surface area contributed by atoms with E-state index in [0.717, 1.165) is 36.7 Å². The average molecular weight is 440 g/mol. The molecule has 4 aromatic rings. The fraction of sp³-hybridized carbons (Fsp3) is 0.321. The van der Waals surface area contributed by atoms with Gasteiger partial charge in [0, 0.05) is 50.0 Å². The molecule has 1 fully saturated rings. The summed E-state index contributed by atoms with van der Waals surface area (Å²) in [5.41, 5.74) is 5.97. The molecule has 2 aromatic heterocycles. The molecule has 2 aliphatic rings. The average Bonchev–Trinajstić information content (AvgIpc) is 3.62. The van der Waals surface area contributed by atoms with Crippen LogP contribution in [0.3, 0.4) is 0 Å². The molecule has 5 heteroatoms. The Balaban J connectivity index is 1.26. The van der Waals surface area contributed by atoms with Crippen LogP contribution >= 0.6 is 0 Å². The largest absolute Gasteiger partial charge is 0.489 e. The number of aryl methyl sites for hydroxylation is 1. The van der Waals surface area contributed by atoms with Crippen molar-refractivity contribution in [2.45, 2.75) is 32.4 Å². The van der Waals surface area contributed by atoms with Crippen LogP contribution in [0, 0.1) is 5.92 Å². The lowest BCUT2D eigenvalue weighted by Crippen LogP contribution is -2.32. The van der Waals surface area contributed by atoms with E-state index in [1.807, 2.05) is 42.6 Å². The number of pyridine rings is 1. The van der Waals surface area contributed by atoms with E-state index >= 15 is 0 Å².